The molecule has 1 aliphatic heterocycles. The molecule has 1 aromatic carbocycles. The van der Waals surface area contributed by atoms with Crippen molar-refractivity contribution >= 4 is 17.8 Å². The van der Waals surface area contributed by atoms with Crippen LogP contribution in [0.4, 0.5) is 0 Å². The van der Waals surface area contributed by atoms with Crippen LogP contribution in [0.3, 0.4) is 0 Å². The molecule has 4 rings (SSSR count). The first-order chi connectivity index (χ1) is 15.4. The SMILES string of the molecule is COC(=O)C1Cc2ccccc2CN1C(=O)C1=CC(NC(=O)c2ccco2)C(O)C(O)C1. The molecular formula is C23H24N2O7. The number of furan rings is 1. The first kappa shape index (κ1) is 21.8. The van der Waals surface area contributed by atoms with Crippen LogP contribution in [0.25, 0.3) is 0 Å². The van der Waals surface area contributed by atoms with Gasteiger partial charge in [0.05, 0.1) is 25.5 Å². The second-order valence-electron chi connectivity index (χ2n) is 7.88. The Morgan fingerprint density at radius 2 is 1.84 bits per heavy atom. The van der Waals surface area contributed by atoms with Crippen molar-refractivity contribution in [3.63, 3.8) is 0 Å². The van der Waals surface area contributed by atoms with E-state index in [0.29, 0.717) is 6.42 Å². The molecule has 2 amide bonds. The summed E-state index contributed by atoms with van der Waals surface area (Å²) in [5.74, 6) is -1.54. The zero-order valence-corrected chi connectivity index (χ0v) is 17.4. The Morgan fingerprint density at radius 3 is 2.53 bits per heavy atom. The number of esters is 1. The number of ether oxygens (including phenoxy) is 1. The van der Waals surface area contributed by atoms with E-state index in [-0.39, 0.29) is 24.3 Å². The van der Waals surface area contributed by atoms with Gasteiger partial charge in [-0.05, 0) is 23.3 Å². The highest BCUT2D eigenvalue weighted by Gasteiger charge is 2.40. The van der Waals surface area contributed by atoms with Gasteiger partial charge in [0.1, 0.15) is 12.1 Å². The minimum atomic E-state index is -1.30. The van der Waals surface area contributed by atoms with Crippen molar-refractivity contribution in [3.8, 4) is 0 Å². The first-order valence-corrected chi connectivity index (χ1v) is 10.3. The molecule has 2 aromatic rings. The Kier molecular flexibility index (Phi) is 6.11. The van der Waals surface area contributed by atoms with Crippen molar-refractivity contribution in [2.75, 3.05) is 7.11 Å². The van der Waals surface area contributed by atoms with E-state index in [2.05, 4.69) is 5.32 Å². The Morgan fingerprint density at radius 1 is 1.09 bits per heavy atom. The van der Waals surface area contributed by atoms with Gasteiger partial charge in [-0.2, -0.15) is 0 Å². The topological polar surface area (TPSA) is 129 Å². The molecule has 32 heavy (non-hydrogen) atoms. The van der Waals surface area contributed by atoms with Crippen molar-refractivity contribution < 1.29 is 33.8 Å². The summed E-state index contributed by atoms with van der Waals surface area (Å²) in [7, 11) is 1.27. The van der Waals surface area contributed by atoms with Crippen LogP contribution in [0.15, 0.2) is 58.7 Å². The zero-order valence-electron chi connectivity index (χ0n) is 17.4. The third-order valence-electron chi connectivity index (χ3n) is 5.87. The second-order valence-corrected chi connectivity index (χ2v) is 7.88. The maximum absolute atomic E-state index is 13.4. The van der Waals surface area contributed by atoms with Gasteiger partial charge in [-0.3, -0.25) is 9.59 Å². The number of aliphatic hydroxyl groups is 2. The summed E-state index contributed by atoms with van der Waals surface area (Å²) in [6.45, 7) is 0.203. The molecule has 0 saturated heterocycles. The third-order valence-corrected chi connectivity index (χ3v) is 5.87. The maximum atomic E-state index is 13.4. The van der Waals surface area contributed by atoms with Crippen molar-refractivity contribution in [3.05, 3.63) is 71.2 Å². The van der Waals surface area contributed by atoms with E-state index in [4.69, 9.17) is 9.15 Å². The van der Waals surface area contributed by atoms with Gasteiger partial charge >= 0.3 is 5.97 Å². The van der Waals surface area contributed by atoms with E-state index in [1.807, 2.05) is 24.3 Å². The molecule has 2 aliphatic rings. The van der Waals surface area contributed by atoms with E-state index in [1.165, 1.54) is 30.4 Å². The highest BCUT2D eigenvalue weighted by molar-refractivity contribution is 5.97. The number of aliphatic hydroxyl groups excluding tert-OH is 2. The van der Waals surface area contributed by atoms with Crippen LogP contribution in [0.2, 0.25) is 0 Å². The lowest BCUT2D eigenvalue weighted by Gasteiger charge is -2.38. The number of methoxy groups -OCH3 is 1. The fourth-order valence-electron chi connectivity index (χ4n) is 4.15. The lowest BCUT2D eigenvalue weighted by atomic mass is 9.88. The van der Waals surface area contributed by atoms with E-state index in [1.54, 1.807) is 6.07 Å². The normalized spacial score (nSPS) is 24.8. The molecule has 1 aliphatic carbocycles. The number of benzene rings is 1. The average Bonchev–Trinajstić information content (AvgIpc) is 3.35. The molecule has 4 unspecified atom stereocenters. The zero-order chi connectivity index (χ0) is 22.8. The number of carbonyl (C=O) groups excluding carboxylic acids is 3. The Bertz CT molecular complexity index is 1050. The summed E-state index contributed by atoms with van der Waals surface area (Å²) in [6, 6.07) is 8.72. The van der Waals surface area contributed by atoms with Gasteiger partial charge < -0.3 is 29.6 Å². The van der Waals surface area contributed by atoms with Crippen LogP contribution in [-0.4, -0.2) is 64.3 Å². The van der Waals surface area contributed by atoms with Crippen LogP contribution in [0, 0.1) is 0 Å². The summed E-state index contributed by atoms with van der Waals surface area (Å²) < 4.78 is 9.97. The van der Waals surface area contributed by atoms with E-state index in [0.717, 1.165) is 11.1 Å². The smallest absolute Gasteiger partial charge is 0.328 e. The van der Waals surface area contributed by atoms with E-state index < -0.39 is 42.1 Å². The van der Waals surface area contributed by atoms with E-state index >= 15 is 0 Å². The number of amides is 2. The van der Waals surface area contributed by atoms with Crippen LogP contribution in [0.1, 0.15) is 28.1 Å². The van der Waals surface area contributed by atoms with Crippen molar-refractivity contribution in [1.82, 2.24) is 10.2 Å². The second kappa shape index (κ2) is 8.97. The fraction of sp³-hybridized carbons (Fsp3) is 0.348. The fourth-order valence-corrected chi connectivity index (χ4v) is 4.15. The lowest BCUT2D eigenvalue weighted by molar-refractivity contribution is -0.152. The van der Waals surface area contributed by atoms with Crippen LogP contribution in [-0.2, 0) is 27.3 Å². The quantitative estimate of drug-likeness (QED) is 0.593. The molecule has 3 N–H and O–H groups in total. The number of nitrogens with zero attached hydrogens (tertiary/aromatic N) is 1. The highest BCUT2D eigenvalue weighted by Crippen LogP contribution is 2.28. The molecule has 2 heterocycles. The number of rotatable bonds is 4. The minimum Gasteiger partial charge on any atom is -0.467 e. The van der Waals surface area contributed by atoms with Gasteiger partial charge in [0.25, 0.3) is 11.8 Å². The van der Waals surface area contributed by atoms with Gasteiger partial charge in [0.15, 0.2) is 5.76 Å². The van der Waals surface area contributed by atoms with E-state index in [9.17, 15) is 24.6 Å². The molecule has 9 nitrogen and oxygen atoms in total. The molecule has 0 saturated carbocycles. The molecule has 0 radical (unpaired) electrons. The van der Waals surface area contributed by atoms with Crippen LogP contribution >= 0.6 is 0 Å². The predicted octanol–water partition coefficient (Wildman–Crippen LogP) is 0.556. The number of carbonyl (C=O) groups is 3. The molecule has 0 bridgehead atoms. The predicted molar refractivity (Wildman–Crippen MR) is 111 cm³/mol. The number of fused-ring (bicyclic) bond motifs is 1. The Hall–Kier alpha value is -3.43. The third kappa shape index (κ3) is 4.17. The summed E-state index contributed by atoms with van der Waals surface area (Å²) in [5.41, 5.74) is 2.07. The standard InChI is InChI=1S/C23H24N2O7/c1-31-23(30)17-10-13-5-2-3-6-14(13)12-25(17)22(29)15-9-16(20(27)18(26)11-15)24-21(28)19-7-4-8-32-19/h2-9,16-18,20,26-27H,10-12H2,1H3,(H,24,28). The largest absolute Gasteiger partial charge is 0.467 e. The molecular weight excluding hydrogens is 416 g/mol. The van der Waals surface area contributed by atoms with Crippen molar-refractivity contribution in [2.24, 2.45) is 0 Å². The van der Waals surface area contributed by atoms with Gasteiger partial charge in [0, 0.05) is 25.0 Å². The van der Waals surface area contributed by atoms with Gasteiger partial charge in [-0.1, -0.05) is 30.3 Å². The van der Waals surface area contributed by atoms with Gasteiger partial charge in [-0.25, -0.2) is 4.79 Å². The Balaban J connectivity index is 1.61. The van der Waals surface area contributed by atoms with Gasteiger partial charge in [-0.15, -0.1) is 0 Å². The molecule has 4 atom stereocenters. The molecule has 0 fully saturated rings. The summed E-state index contributed by atoms with van der Waals surface area (Å²) in [6.07, 6.45) is 0.395. The van der Waals surface area contributed by atoms with Crippen LogP contribution in [0.5, 0.6) is 0 Å². The van der Waals surface area contributed by atoms with Crippen molar-refractivity contribution in [1.29, 1.82) is 0 Å². The van der Waals surface area contributed by atoms with Crippen molar-refractivity contribution in [2.45, 2.75) is 43.7 Å². The molecule has 168 valence electrons. The average molecular weight is 440 g/mol. The monoisotopic (exact) mass is 440 g/mol. The Labute approximate surface area is 184 Å². The van der Waals surface area contributed by atoms with Crippen LogP contribution < -0.4 is 5.32 Å². The summed E-state index contributed by atoms with van der Waals surface area (Å²) in [4.78, 5) is 39.6. The molecule has 0 spiro atoms. The number of hydrogen-bond donors (Lipinski definition) is 3. The summed E-state index contributed by atoms with van der Waals surface area (Å²) in [5, 5.41) is 23.3. The lowest BCUT2D eigenvalue weighted by Crippen LogP contribution is -2.53. The molecule has 9 heteroatoms. The highest BCUT2D eigenvalue weighted by atomic mass is 16.5. The number of hydrogen-bond acceptors (Lipinski definition) is 7. The molecule has 1 aromatic heterocycles. The minimum absolute atomic E-state index is 0.0388. The summed E-state index contributed by atoms with van der Waals surface area (Å²) >= 11 is 0. The van der Waals surface area contributed by atoms with Gasteiger partial charge in [0.2, 0.25) is 0 Å². The maximum Gasteiger partial charge on any atom is 0.328 e. The first-order valence-electron chi connectivity index (χ1n) is 10.3. The number of nitrogens with one attached hydrogen (secondary N) is 1.